The van der Waals surface area contributed by atoms with E-state index in [0.29, 0.717) is 30.4 Å². The van der Waals surface area contributed by atoms with Crippen LogP contribution in [0.15, 0.2) is 72.9 Å². The first-order valence-corrected chi connectivity index (χ1v) is 41.2. The van der Waals surface area contributed by atoms with E-state index < -0.39 is 235 Å². The Morgan fingerprint density at radius 1 is 0.611 bits per heavy atom. The van der Waals surface area contributed by atoms with Crippen LogP contribution in [0.25, 0.3) is 0 Å². The number of esters is 1. The summed E-state index contributed by atoms with van der Waals surface area (Å²) in [5, 5.41) is 46.8. The van der Waals surface area contributed by atoms with E-state index in [1.165, 1.54) is 39.8 Å². The number of fused-ring (bicyclic) bond motifs is 6. The quantitative estimate of drug-likeness (QED) is 0.0514. The molecule has 0 radical (unpaired) electrons. The van der Waals surface area contributed by atoms with Gasteiger partial charge in [-0.1, -0.05) is 163 Å². The van der Waals surface area contributed by atoms with E-state index in [-0.39, 0.29) is 68.4 Å². The second kappa shape index (κ2) is 46.2. The van der Waals surface area contributed by atoms with Crippen LogP contribution in [0.5, 0.6) is 0 Å². The van der Waals surface area contributed by atoms with Crippen LogP contribution in [0.4, 0.5) is 0 Å². The summed E-state index contributed by atoms with van der Waals surface area (Å²) in [7, 11) is 4.38. The number of cyclic esters (lactones) is 1. The van der Waals surface area contributed by atoms with Gasteiger partial charge in [-0.15, -0.1) is 0 Å². The molecule has 3 unspecified atom stereocenters. The highest BCUT2D eigenvalue weighted by atomic mass is 33.1. The van der Waals surface area contributed by atoms with Crippen molar-refractivity contribution in [2.24, 2.45) is 35.5 Å². The van der Waals surface area contributed by atoms with Gasteiger partial charge in [0.25, 0.3) is 5.91 Å². The summed E-state index contributed by atoms with van der Waals surface area (Å²) in [4.78, 5) is 237. The van der Waals surface area contributed by atoms with Crippen molar-refractivity contribution in [2.75, 3.05) is 38.8 Å². The molecule has 0 aromatic heterocycles. The Morgan fingerprint density at radius 2 is 1.17 bits per heavy atom. The van der Waals surface area contributed by atoms with Gasteiger partial charge in [-0.25, -0.2) is 4.79 Å². The number of aliphatic hydroxyl groups excluding tert-OH is 1. The highest BCUT2D eigenvalue weighted by Crippen LogP contribution is 2.30. The topological polar surface area (TPSA) is 459 Å². The Bertz CT molecular complexity index is 3690. The highest BCUT2D eigenvalue weighted by Gasteiger charge is 2.45. The van der Waals surface area contributed by atoms with Crippen LogP contribution >= 0.6 is 21.6 Å². The molecule has 113 heavy (non-hydrogen) atoms. The number of benzene rings is 2. The molecule has 0 spiro atoms. The number of ketones is 2. The molecule has 32 nitrogen and oxygen atoms in total. The zero-order chi connectivity index (χ0) is 84.1. The van der Waals surface area contributed by atoms with Crippen molar-refractivity contribution in [3.8, 4) is 0 Å². The molecular formula is C79H116N12O20S2. The second-order valence-corrected chi connectivity index (χ2v) is 32.6. The average Bonchev–Trinajstić information content (AvgIpc) is 1.75. The van der Waals surface area contributed by atoms with Crippen LogP contribution in [0, 0.1) is 35.5 Å². The lowest BCUT2D eigenvalue weighted by atomic mass is 9.85. The minimum atomic E-state index is -2.03. The molecule has 2 aromatic carbocycles. The number of amides is 12. The normalized spacial score (nSPS) is 27.5. The molecule has 18 atom stereocenters. The maximum absolute atomic E-state index is 15.6. The Balaban J connectivity index is 1.80. The molecule has 0 aliphatic carbocycles. The van der Waals surface area contributed by atoms with Crippen LogP contribution in [0.2, 0.25) is 0 Å². The van der Waals surface area contributed by atoms with Gasteiger partial charge in [-0.05, 0) is 81.3 Å². The molecule has 12 amide bonds. The van der Waals surface area contributed by atoms with Crippen LogP contribution in [0.1, 0.15) is 158 Å². The van der Waals surface area contributed by atoms with E-state index in [9.17, 15) is 63.0 Å². The van der Waals surface area contributed by atoms with Crippen molar-refractivity contribution in [3.05, 3.63) is 84.1 Å². The first-order chi connectivity index (χ1) is 53.5. The van der Waals surface area contributed by atoms with Gasteiger partial charge < -0.3 is 82.7 Å². The fourth-order valence-corrected chi connectivity index (χ4v) is 15.6. The third-order valence-corrected chi connectivity index (χ3v) is 23.5. The number of aliphatic hydroxyl groups is 1. The molecule has 34 heteroatoms. The number of hydrogen-bond acceptors (Lipinski definition) is 21. The Labute approximate surface area is 668 Å². The van der Waals surface area contributed by atoms with E-state index in [1.807, 2.05) is 20.8 Å². The predicted octanol–water partition coefficient (Wildman–Crippen LogP) is 2.26. The van der Waals surface area contributed by atoms with Gasteiger partial charge in [0, 0.05) is 76.1 Å². The number of carbonyl (C=O) groups is 16. The molecular weight excluding hydrogens is 1500 g/mol. The maximum Gasteiger partial charge on any atom is 0.331 e. The number of likely N-dealkylation sites (N-methyl/N-ethyl adjacent to an activating group) is 1. The Morgan fingerprint density at radius 3 is 1.74 bits per heavy atom. The number of ether oxygens (including phenoxy) is 2. The van der Waals surface area contributed by atoms with Crippen LogP contribution in [0.3, 0.4) is 0 Å². The van der Waals surface area contributed by atoms with Crippen LogP contribution in [-0.4, -0.2) is 232 Å². The highest BCUT2D eigenvalue weighted by molar-refractivity contribution is 8.76. The van der Waals surface area contributed by atoms with Crippen molar-refractivity contribution in [1.82, 2.24) is 63.0 Å². The van der Waals surface area contributed by atoms with Gasteiger partial charge >= 0.3 is 11.9 Å². The fraction of sp³-hybridized carbons (Fsp3) is 0.620. The largest absolute Gasteiger partial charge is 0.481 e. The molecule has 2 bridgehead atoms. The molecule has 5 rings (SSSR count). The minimum Gasteiger partial charge on any atom is -0.481 e. The van der Waals surface area contributed by atoms with Crippen molar-refractivity contribution in [2.45, 2.75) is 238 Å². The lowest BCUT2D eigenvalue weighted by Crippen LogP contribution is -2.63. The van der Waals surface area contributed by atoms with Gasteiger partial charge in [0.1, 0.15) is 54.4 Å². The smallest absolute Gasteiger partial charge is 0.331 e. The van der Waals surface area contributed by atoms with E-state index in [2.05, 4.69) is 59.7 Å². The SMILES string of the molecule is C=C1NC(=O)[C@H]([C@@H](C)CC)CC(=O)[C@@H]2CSSCC(NC(=O)CCC(=O)O)C(=O)N[C@H](Cc3ccccc3)C(=O)N[C@H](C)C(=O)NC(C[C@@H](C)CC)C(=O)N[C@@H](C(=O)N[C@H](Cc3ccccc3)C(=O)N3CCC[C@H]3C(=O)N2)[C@@H](C)OC(=O)[C@H](CO)NC(=O)[C@H]([C@@H](C)OC)N(C)C(=O)C(C(C)C)CC(=O)[C@H](C[C@H](C)CC)NC1=O. The van der Waals surface area contributed by atoms with Crippen molar-refractivity contribution in [3.63, 3.8) is 0 Å². The monoisotopic (exact) mass is 1620 g/mol. The molecule has 3 aliphatic rings. The molecule has 3 aliphatic heterocycles. The predicted molar refractivity (Wildman–Crippen MR) is 421 cm³/mol. The zero-order valence-electron chi connectivity index (χ0n) is 66.9. The number of hydrogen-bond donors (Lipinski definition) is 12. The number of methoxy groups -OCH3 is 1. The van der Waals surface area contributed by atoms with Crippen LogP contribution < -0.4 is 53.2 Å². The van der Waals surface area contributed by atoms with Gasteiger partial charge in [-0.3, -0.25) is 71.9 Å². The Kier molecular flexibility index (Phi) is 38.5. The van der Waals surface area contributed by atoms with Crippen molar-refractivity contribution < 1.29 is 96.4 Å². The standard InChI is InChI=1S/C79H116N12O20S2/c1-15-43(6)33-54-62(93)37-52(42(4)5)77(107)90(13)67(49(12)110-14)76(106)87-58(39-92)79(109)111-48(11)66-75(105)86-57(36-51-27-22-19-23-28-51)78(108)91-32-24-29-61(91)74(104)88-59(63(94)38-53(45(8)17-3)70(100)80-46(9)68(98)83-54)40-112-113-41-60(82-64(95)30-31-65(96)97)73(103)85-56(35-50-25-20-18-21-26-50)71(101)81-47(10)69(99)84-55(72(102)89-66)34-44(7)16-2/h18-23,25-28,42-45,47-49,52-61,66-67,92H,9,15-17,24,29-41H2,1-8,10-14H3,(H,80,100)(H,81,101)(H,82,95)(H,83,98)(H,84,99)(H,85,103)(H,86,105)(H,87,106)(H,88,104)(H,89,102)(H,96,97)/t43-,44+,45+,47-,48-,49-,52?,53+,54+,55?,56-,57-,58+,59+,60?,61+,66-,67+/m1/s1. The van der Waals surface area contributed by atoms with Crippen molar-refractivity contribution in [1.29, 1.82) is 0 Å². The summed E-state index contributed by atoms with van der Waals surface area (Å²) < 4.78 is 11.5. The molecule has 3 saturated heterocycles. The number of rotatable bonds is 20. The summed E-state index contributed by atoms with van der Waals surface area (Å²) in [6.45, 7) is 20.6. The van der Waals surface area contributed by atoms with Gasteiger partial charge in [0.2, 0.25) is 65.0 Å². The van der Waals surface area contributed by atoms with Gasteiger partial charge in [0.05, 0.1) is 36.9 Å². The third-order valence-electron chi connectivity index (χ3n) is 21.0. The van der Waals surface area contributed by atoms with Gasteiger partial charge in [-0.2, -0.15) is 0 Å². The number of carboxylic acids is 1. The Hall–Kier alpha value is -9.28. The van der Waals surface area contributed by atoms with Crippen LogP contribution in [-0.2, 0) is 99.0 Å². The summed E-state index contributed by atoms with van der Waals surface area (Å²) in [6, 6.07) is -0.730. The molecule has 2 aromatic rings. The first kappa shape index (κ1) is 94.3. The maximum atomic E-state index is 15.6. The van der Waals surface area contributed by atoms with E-state index >= 15 is 24.0 Å². The molecule has 0 saturated carbocycles. The summed E-state index contributed by atoms with van der Waals surface area (Å²) in [5.41, 5.74) is 0.495. The fourth-order valence-electron chi connectivity index (χ4n) is 13.2. The average molecular weight is 1620 g/mol. The number of aliphatic carboxylic acids is 1. The minimum absolute atomic E-state index is 0.00604. The van der Waals surface area contributed by atoms with E-state index in [1.54, 1.807) is 95.3 Å². The van der Waals surface area contributed by atoms with E-state index in [4.69, 9.17) is 9.47 Å². The zero-order valence-corrected chi connectivity index (χ0v) is 68.6. The number of nitrogens with one attached hydrogen (secondary N) is 10. The molecule has 3 fully saturated rings. The molecule has 12 N–H and O–H groups in total. The number of carbonyl (C=O) groups excluding carboxylic acids is 15. The summed E-state index contributed by atoms with van der Waals surface area (Å²) in [5.74, 6) is -20.1. The number of nitrogens with zero attached hydrogens (tertiary/aromatic N) is 2. The molecule has 624 valence electrons. The number of Topliss-reactive ketones (excluding diaryl/α,β-unsaturated/α-hetero) is 2. The second-order valence-electron chi connectivity index (χ2n) is 30.0. The van der Waals surface area contributed by atoms with Crippen molar-refractivity contribution >= 4 is 116 Å². The first-order valence-electron chi connectivity index (χ1n) is 38.7. The summed E-state index contributed by atoms with van der Waals surface area (Å²) in [6.07, 6.45) is -4.29. The lowest BCUT2D eigenvalue weighted by molar-refractivity contribution is -0.158. The lowest BCUT2D eigenvalue weighted by Gasteiger charge is -2.35. The molecule has 3 heterocycles. The summed E-state index contributed by atoms with van der Waals surface area (Å²) >= 11 is 0. The van der Waals surface area contributed by atoms with E-state index in [0.717, 1.165) is 26.5 Å². The number of carboxylic acid groups (broad SMARTS) is 1. The van der Waals surface area contributed by atoms with Gasteiger partial charge in [0.15, 0.2) is 17.6 Å². The third kappa shape index (κ3) is 28.6.